The molecule has 0 unspecified atom stereocenters. The maximum Gasteiger partial charge on any atom is 0.358 e. The lowest BCUT2D eigenvalue weighted by Crippen LogP contribution is -2.24. The lowest BCUT2D eigenvalue weighted by molar-refractivity contribution is 0.00617. The number of esters is 1. The van der Waals surface area contributed by atoms with Crippen LogP contribution in [-0.2, 0) is 4.74 Å². The lowest BCUT2D eigenvalue weighted by atomic mass is 10.2. The van der Waals surface area contributed by atoms with Gasteiger partial charge in [-0.1, -0.05) is 11.6 Å². The van der Waals surface area contributed by atoms with Crippen LogP contribution in [0.2, 0.25) is 5.02 Å². The Kier molecular flexibility index (Phi) is 3.73. The third-order valence-electron chi connectivity index (χ3n) is 1.40. The number of halogens is 2. The van der Waals surface area contributed by atoms with Crippen LogP contribution in [0.25, 0.3) is 0 Å². The van der Waals surface area contributed by atoms with Gasteiger partial charge in [-0.05, 0) is 42.8 Å². The van der Waals surface area contributed by atoms with E-state index in [2.05, 4.69) is 20.9 Å². The highest BCUT2D eigenvalue weighted by atomic mass is 79.9. The number of rotatable bonds is 1. The second-order valence-electron chi connectivity index (χ2n) is 3.99. The maximum absolute atomic E-state index is 11.6. The highest BCUT2D eigenvalue weighted by Gasteiger charge is 2.20. The molecule has 3 nitrogen and oxygen atoms in total. The van der Waals surface area contributed by atoms with Crippen LogP contribution in [0.1, 0.15) is 31.3 Å². The second-order valence-corrected chi connectivity index (χ2v) is 5.28. The molecule has 1 heterocycles. The number of nitrogens with zero attached hydrogens (tertiary/aromatic N) is 1. The summed E-state index contributed by atoms with van der Waals surface area (Å²) in [6.45, 7) is 5.40. The Morgan fingerprint density at radius 2 is 2.13 bits per heavy atom. The molecule has 0 bridgehead atoms. The molecule has 0 radical (unpaired) electrons. The number of ether oxygens (including phenoxy) is 1. The van der Waals surface area contributed by atoms with Gasteiger partial charge in [0.1, 0.15) is 5.60 Å². The van der Waals surface area contributed by atoms with Gasteiger partial charge in [0.05, 0.1) is 9.50 Å². The van der Waals surface area contributed by atoms with E-state index < -0.39 is 11.6 Å². The average molecular weight is 293 g/mol. The molecular weight excluding hydrogens is 281 g/mol. The topological polar surface area (TPSA) is 39.2 Å². The lowest BCUT2D eigenvalue weighted by Gasteiger charge is -2.19. The van der Waals surface area contributed by atoms with Crippen LogP contribution in [0.5, 0.6) is 0 Å². The summed E-state index contributed by atoms with van der Waals surface area (Å²) in [7, 11) is 0. The molecule has 1 aromatic rings. The van der Waals surface area contributed by atoms with Gasteiger partial charge in [-0.15, -0.1) is 0 Å². The third kappa shape index (κ3) is 3.80. The molecule has 0 saturated carbocycles. The van der Waals surface area contributed by atoms with Crippen molar-refractivity contribution in [1.29, 1.82) is 0 Å². The Balaban J connectivity index is 2.92. The number of carbonyl (C=O) groups is 1. The highest BCUT2D eigenvalue weighted by Crippen LogP contribution is 2.21. The van der Waals surface area contributed by atoms with Crippen molar-refractivity contribution in [2.45, 2.75) is 26.4 Å². The zero-order valence-electron chi connectivity index (χ0n) is 8.67. The quantitative estimate of drug-likeness (QED) is 0.744. The highest BCUT2D eigenvalue weighted by molar-refractivity contribution is 9.10. The van der Waals surface area contributed by atoms with Crippen molar-refractivity contribution in [3.8, 4) is 0 Å². The van der Waals surface area contributed by atoms with E-state index >= 15 is 0 Å². The van der Waals surface area contributed by atoms with Gasteiger partial charge in [-0.25, -0.2) is 9.78 Å². The molecule has 15 heavy (non-hydrogen) atoms. The van der Waals surface area contributed by atoms with Gasteiger partial charge in [0.25, 0.3) is 0 Å². The predicted octanol–water partition coefficient (Wildman–Crippen LogP) is 3.45. The molecule has 0 fully saturated rings. The second kappa shape index (κ2) is 4.49. The molecule has 1 aromatic heterocycles. The van der Waals surface area contributed by atoms with Crippen molar-refractivity contribution in [2.75, 3.05) is 0 Å². The Morgan fingerprint density at radius 1 is 1.53 bits per heavy atom. The molecule has 5 heteroatoms. The van der Waals surface area contributed by atoms with E-state index in [4.69, 9.17) is 16.3 Å². The monoisotopic (exact) mass is 291 g/mol. The molecular formula is C10H11BrClNO2. The number of carbonyl (C=O) groups excluding carboxylic acids is 1. The predicted molar refractivity (Wildman–Crippen MR) is 62.1 cm³/mol. The molecule has 0 spiro atoms. The van der Waals surface area contributed by atoms with Crippen LogP contribution in [0.4, 0.5) is 0 Å². The van der Waals surface area contributed by atoms with E-state index in [1.807, 2.05) is 0 Å². The van der Waals surface area contributed by atoms with Crippen LogP contribution >= 0.6 is 27.5 Å². The standard InChI is InChI=1S/C10H11BrClNO2/c1-10(2,3)15-9(14)8-7(11)4-6(12)5-13-8/h4-5H,1-3H3. The van der Waals surface area contributed by atoms with E-state index in [1.54, 1.807) is 26.8 Å². The normalized spacial score (nSPS) is 11.3. The summed E-state index contributed by atoms with van der Waals surface area (Å²) < 4.78 is 5.70. The SMILES string of the molecule is CC(C)(C)OC(=O)c1ncc(Cl)cc1Br. The molecule has 0 amide bonds. The Bertz CT molecular complexity index is 387. The Labute approximate surface area is 102 Å². The number of pyridine rings is 1. The molecule has 0 aliphatic rings. The van der Waals surface area contributed by atoms with Crippen molar-refractivity contribution in [3.63, 3.8) is 0 Å². The van der Waals surface area contributed by atoms with Gasteiger partial charge >= 0.3 is 5.97 Å². The van der Waals surface area contributed by atoms with Gasteiger partial charge in [0.15, 0.2) is 5.69 Å². The first-order chi connectivity index (χ1) is 6.79. The Hall–Kier alpha value is -0.610. The minimum absolute atomic E-state index is 0.231. The van der Waals surface area contributed by atoms with Crippen molar-refractivity contribution < 1.29 is 9.53 Å². The summed E-state index contributed by atoms with van der Waals surface area (Å²) in [6, 6.07) is 1.60. The van der Waals surface area contributed by atoms with Crippen molar-refractivity contribution in [3.05, 3.63) is 27.5 Å². The van der Waals surface area contributed by atoms with E-state index in [1.165, 1.54) is 6.20 Å². The molecule has 0 aliphatic carbocycles. The minimum atomic E-state index is -0.530. The van der Waals surface area contributed by atoms with Crippen molar-refractivity contribution in [1.82, 2.24) is 4.98 Å². The van der Waals surface area contributed by atoms with Gasteiger partial charge in [-0.2, -0.15) is 0 Å². The van der Waals surface area contributed by atoms with Gasteiger partial charge in [0, 0.05) is 6.20 Å². The van der Waals surface area contributed by atoms with E-state index in [9.17, 15) is 4.79 Å². The van der Waals surface area contributed by atoms with Gasteiger partial charge in [0.2, 0.25) is 0 Å². The Morgan fingerprint density at radius 3 is 2.60 bits per heavy atom. The molecule has 0 aromatic carbocycles. The first-order valence-corrected chi connectivity index (χ1v) is 5.51. The molecule has 1 rings (SSSR count). The van der Waals surface area contributed by atoms with Crippen LogP contribution in [0.15, 0.2) is 16.7 Å². The summed E-state index contributed by atoms with van der Waals surface area (Å²) in [5.41, 5.74) is -0.299. The van der Waals surface area contributed by atoms with Crippen LogP contribution in [0.3, 0.4) is 0 Å². The maximum atomic E-state index is 11.6. The number of hydrogen-bond donors (Lipinski definition) is 0. The molecule has 0 N–H and O–H groups in total. The average Bonchev–Trinajstić information content (AvgIpc) is 1.99. The molecule has 0 saturated heterocycles. The van der Waals surface area contributed by atoms with Crippen LogP contribution < -0.4 is 0 Å². The zero-order valence-corrected chi connectivity index (χ0v) is 11.0. The first-order valence-electron chi connectivity index (χ1n) is 4.34. The van der Waals surface area contributed by atoms with Gasteiger partial charge < -0.3 is 4.74 Å². The minimum Gasteiger partial charge on any atom is -0.455 e. The van der Waals surface area contributed by atoms with E-state index in [-0.39, 0.29) is 5.69 Å². The van der Waals surface area contributed by atoms with Crippen LogP contribution in [-0.4, -0.2) is 16.6 Å². The number of hydrogen-bond acceptors (Lipinski definition) is 3. The largest absolute Gasteiger partial charge is 0.455 e. The summed E-state index contributed by atoms with van der Waals surface area (Å²) in [6.07, 6.45) is 1.41. The summed E-state index contributed by atoms with van der Waals surface area (Å²) in [4.78, 5) is 15.5. The molecule has 0 atom stereocenters. The van der Waals surface area contributed by atoms with Crippen LogP contribution in [0, 0.1) is 0 Å². The summed E-state index contributed by atoms with van der Waals surface area (Å²) in [5.74, 6) is -0.467. The van der Waals surface area contributed by atoms with Crippen molar-refractivity contribution >= 4 is 33.5 Å². The fourth-order valence-electron chi connectivity index (χ4n) is 0.891. The third-order valence-corrected chi connectivity index (χ3v) is 2.21. The smallest absolute Gasteiger partial charge is 0.358 e. The molecule has 0 aliphatic heterocycles. The van der Waals surface area contributed by atoms with E-state index in [0.717, 1.165) is 0 Å². The van der Waals surface area contributed by atoms with Gasteiger partial charge in [-0.3, -0.25) is 0 Å². The van der Waals surface area contributed by atoms with E-state index in [0.29, 0.717) is 9.50 Å². The van der Waals surface area contributed by atoms with Crippen molar-refractivity contribution in [2.24, 2.45) is 0 Å². The fraction of sp³-hybridized carbons (Fsp3) is 0.400. The molecule has 82 valence electrons. The fourth-order valence-corrected chi connectivity index (χ4v) is 1.69. The summed E-state index contributed by atoms with van der Waals surface area (Å²) in [5, 5.41) is 0.467. The number of aromatic nitrogens is 1. The zero-order chi connectivity index (χ0) is 11.6. The first kappa shape index (κ1) is 12.5. The summed E-state index contributed by atoms with van der Waals surface area (Å²) >= 11 is 8.92.